The van der Waals surface area contributed by atoms with Crippen molar-refractivity contribution in [2.45, 2.75) is 5.41 Å². The van der Waals surface area contributed by atoms with Crippen molar-refractivity contribution in [3.8, 4) is 39.1 Å². The number of hydrogen-bond acceptors (Lipinski definition) is 1. The summed E-state index contributed by atoms with van der Waals surface area (Å²) in [6.07, 6.45) is 0. The Kier molecular flexibility index (Phi) is 7.26. The highest BCUT2D eigenvalue weighted by molar-refractivity contribution is 6.14. The molecule has 0 unspecified atom stereocenters. The molecule has 1 aromatic heterocycles. The van der Waals surface area contributed by atoms with E-state index in [0.29, 0.717) is 0 Å². The summed E-state index contributed by atoms with van der Waals surface area (Å²) in [5.41, 5.74) is 19.3. The maximum atomic E-state index is 2.55. The molecule has 2 aliphatic rings. The number of rotatable bonds is 5. The zero-order valence-electron chi connectivity index (χ0n) is 33.3. The molecule has 13 rings (SSSR count). The maximum absolute atomic E-state index is 2.55. The molecule has 2 aliphatic carbocycles. The van der Waals surface area contributed by atoms with Gasteiger partial charge in [-0.2, -0.15) is 0 Å². The Labute approximate surface area is 354 Å². The van der Waals surface area contributed by atoms with Gasteiger partial charge in [0.1, 0.15) is 0 Å². The van der Waals surface area contributed by atoms with Crippen molar-refractivity contribution in [3.05, 3.63) is 253 Å². The summed E-state index contributed by atoms with van der Waals surface area (Å²) >= 11 is 0. The first-order valence-corrected chi connectivity index (χ1v) is 21.2. The minimum atomic E-state index is -0.565. The third-order valence-corrected chi connectivity index (χ3v) is 13.4. The maximum Gasteiger partial charge on any atom is 0.0727 e. The molecule has 2 heteroatoms. The van der Waals surface area contributed by atoms with E-state index in [9.17, 15) is 0 Å². The van der Waals surface area contributed by atoms with Gasteiger partial charge < -0.3 is 9.47 Å². The number of fused-ring (bicyclic) bond motifs is 15. The van der Waals surface area contributed by atoms with Crippen LogP contribution in [0.15, 0.2) is 231 Å². The zero-order chi connectivity index (χ0) is 40.1. The van der Waals surface area contributed by atoms with Crippen LogP contribution in [0, 0.1) is 0 Å². The van der Waals surface area contributed by atoms with Crippen LogP contribution in [0.4, 0.5) is 17.1 Å². The SMILES string of the molecule is c1ccc(-c2ccc(N(c3ccccc3)c3ccc4c(c3)C3(c5ccccc5-c5ccccc53)c3cc(-n5c6ccccc6c6ccccc65)c5ccccc5c3-4)cc2)cc1. The normalized spacial score (nSPS) is 13.0. The van der Waals surface area contributed by atoms with Crippen molar-refractivity contribution < 1.29 is 0 Å². The fourth-order valence-electron chi connectivity index (χ4n) is 10.9. The number of nitrogens with zero attached hydrogens (tertiary/aromatic N) is 2. The number of anilines is 3. The van der Waals surface area contributed by atoms with Gasteiger partial charge in [-0.3, -0.25) is 0 Å². The van der Waals surface area contributed by atoms with Gasteiger partial charge in [0.15, 0.2) is 0 Å². The molecule has 1 heterocycles. The van der Waals surface area contributed by atoms with E-state index >= 15 is 0 Å². The van der Waals surface area contributed by atoms with Crippen LogP contribution in [0.1, 0.15) is 22.3 Å². The van der Waals surface area contributed by atoms with Gasteiger partial charge in [0, 0.05) is 33.2 Å². The van der Waals surface area contributed by atoms with E-state index in [0.717, 1.165) is 17.1 Å². The van der Waals surface area contributed by atoms with E-state index in [2.05, 4.69) is 240 Å². The summed E-state index contributed by atoms with van der Waals surface area (Å²) in [5.74, 6) is 0. The smallest absolute Gasteiger partial charge is 0.0727 e. The van der Waals surface area contributed by atoms with Gasteiger partial charge in [0.2, 0.25) is 0 Å². The Morgan fingerprint density at radius 1 is 0.311 bits per heavy atom. The molecule has 0 atom stereocenters. The zero-order valence-corrected chi connectivity index (χ0v) is 33.3. The van der Waals surface area contributed by atoms with Gasteiger partial charge in [-0.05, 0) is 116 Å². The van der Waals surface area contributed by atoms with Gasteiger partial charge in [0.05, 0.1) is 22.1 Å². The summed E-state index contributed by atoms with van der Waals surface area (Å²) in [4.78, 5) is 2.42. The molecule has 0 N–H and O–H groups in total. The highest BCUT2D eigenvalue weighted by atomic mass is 15.1. The Morgan fingerprint density at radius 3 is 1.46 bits per heavy atom. The van der Waals surface area contributed by atoms with Gasteiger partial charge >= 0.3 is 0 Å². The molecule has 1 spiro atoms. The molecule has 10 aromatic carbocycles. The Bertz CT molecular complexity index is 3430. The summed E-state index contributed by atoms with van der Waals surface area (Å²) < 4.78 is 2.51. The van der Waals surface area contributed by atoms with Gasteiger partial charge in [0.25, 0.3) is 0 Å². The van der Waals surface area contributed by atoms with Crippen LogP contribution in [0.5, 0.6) is 0 Å². The topological polar surface area (TPSA) is 8.17 Å². The predicted molar refractivity (Wildman–Crippen MR) is 255 cm³/mol. The van der Waals surface area contributed by atoms with E-state index in [-0.39, 0.29) is 0 Å². The molecule has 0 bridgehead atoms. The highest BCUT2D eigenvalue weighted by Gasteiger charge is 2.52. The average Bonchev–Trinajstić information content (AvgIpc) is 3.94. The quantitative estimate of drug-likeness (QED) is 0.169. The van der Waals surface area contributed by atoms with Crippen LogP contribution in [0.3, 0.4) is 0 Å². The second-order valence-electron chi connectivity index (χ2n) is 16.4. The van der Waals surface area contributed by atoms with Crippen LogP contribution in [0.25, 0.3) is 71.6 Å². The molecule has 61 heavy (non-hydrogen) atoms. The number of aromatic nitrogens is 1. The van der Waals surface area contributed by atoms with Crippen molar-refractivity contribution in [1.82, 2.24) is 4.57 Å². The van der Waals surface area contributed by atoms with Gasteiger partial charge in [-0.25, -0.2) is 0 Å². The van der Waals surface area contributed by atoms with Crippen LogP contribution < -0.4 is 4.90 Å². The summed E-state index contributed by atoms with van der Waals surface area (Å²) in [7, 11) is 0. The lowest BCUT2D eigenvalue weighted by Gasteiger charge is -2.32. The third-order valence-electron chi connectivity index (χ3n) is 13.4. The molecular formula is C59H38N2. The van der Waals surface area contributed by atoms with Gasteiger partial charge in [-0.1, -0.05) is 176 Å². The van der Waals surface area contributed by atoms with Crippen LogP contribution in [-0.4, -0.2) is 4.57 Å². The molecule has 0 aliphatic heterocycles. The third kappa shape index (κ3) is 4.73. The second kappa shape index (κ2) is 13.0. The van der Waals surface area contributed by atoms with Crippen LogP contribution in [0.2, 0.25) is 0 Å². The molecular weight excluding hydrogens is 737 g/mol. The Hall–Kier alpha value is -7.94. The Balaban J connectivity index is 1.12. The van der Waals surface area contributed by atoms with Gasteiger partial charge in [-0.15, -0.1) is 0 Å². The predicted octanol–water partition coefficient (Wildman–Crippen LogP) is 15.4. The Morgan fingerprint density at radius 2 is 0.803 bits per heavy atom. The lowest BCUT2D eigenvalue weighted by atomic mass is 9.70. The first-order chi connectivity index (χ1) is 30.3. The van der Waals surface area contributed by atoms with E-state index in [1.807, 2.05) is 0 Å². The first kappa shape index (κ1) is 34.0. The van der Waals surface area contributed by atoms with Crippen molar-refractivity contribution in [2.75, 3.05) is 4.90 Å². The largest absolute Gasteiger partial charge is 0.310 e. The van der Waals surface area contributed by atoms with E-state index < -0.39 is 5.41 Å². The van der Waals surface area contributed by atoms with Crippen molar-refractivity contribution >= 4 is 49.6 Å². The summed E-state index contributed by atoms with van der Waals surface area (Å²) in [6, 6.07) is 85.3. The molecule has 0 amide bonds. The minimum Gasteiger partial charge on any atom is -0.310 e. The van der Waals surface area contributed by atoms with Crippen molar-refractivity contribution in [2.24, 2.45) is 0 Å². The highest BCUT2D eigenvalue weighted by Crippen LogP contribution is 2.65. The van der Waals surface area contributed by atoms with E-state index in [1.54, 1.807) is 0 Å². The summed E-state index contributed by atoms with van der Waals surface area (Å²) in [5, 5.41) is 5.03. The fourth-order valence-corrected chi connectivity index (χ4v) is 10.9. The van der Waals surface area contributed by atoms with Crippen LogP contribution >= 0.6 is 0 Å². The lowest BCUT2D eigenvalue weighted by Crippen LogP contribution is -2.26. The number of benzene rings is 10. The molecule has 11 aromatic rings. The number of hydrogen-bond donors (Lipinski definition) is 0. The number of para-hydroxylation sites is 3. The van der Waals surface area contributed by atoms with E-state index in [4.69, 9.17) is 0 Å². The molecule has 0 saturated carbocycles. The average molecular weight is 775 g/mol. The molecule has 2 nitrogen and oxygen atoms in total. The first-order valence-electron chi connectivity index (χ1n) is 21.2. The second-order valence-corrected chi connectivity index (χ2v) is 16.4. The standard InChI is InChI=1S/C59H38N2/c1-3-17-39(18-4-1)40-31-33-42(34-32-40)60(41-19-5-2-6-20-41)43-35-36-50-53(37-43)59(51-27-13-9-21-44(51)45-22-10-14-28-52(45)59)54-38-57(48-25-7-8-26-49(48)58(50)54)61-55-29-15-11-23-46(55)47-24-12-16-30-56(47)61/h1-38H. The molecule has 0 radical (unpaired) electrons. The lowest BCUT2D eigenvalue weighted by molar-refractivity contribution is 0.793. The van der Waals surface area contributed by atoms with Crippen LogP contribution in [-0.2, 0) is 5.41 Å². The minimum absolute atomic E-state index is 0.565. The monoisotopic (exact) mass is 774 g/mol. The molecule has 0 saturated heterocycles. The molecule has 0 fully saturated rings. The van der Waals surface area contributed by atoms with E-state index in [1.165, 1.54) is 93.9 Å². The van der Waals surface area contributed by atoms with Crippen molar-refractivity contribution in [3.63, 3.8) is 0 Å². The molecule has 284 valence electrons. The fraction of sp³-hybridized carbons (Fsp3) is 0.0169. The summed E-state index contributed by atoms with van der Waals surface area (Å²) in [6.45, 7) is 0. The van der Waals surface area contributed by atoms with Crippen molar-refractivity contribution in [1.29, 1.82) is 0 Å².